The maximum atomic E-state index is 4.75. The van der Waals surface area contributed by atoms with Gasteiger partial charge in [0.25, 0.3) is 0 Å². The summed E-state index contributed by atoms with van der Waals surface area (Å²) < 4.78 is 0. The number of rotatable bonds is 9. The van der Waals surface area contributed by atoms with Gasteiger partial charge in [-0.1, -0.05) is 30.3 Å². The molecular weight excluding hydrogens is 525 g/mol. The maximum absolute atomic E-state index is 4.75. The van der Waals surface area contributed by atoms with E-state index in [0.29, 0.717) is 6.54 Å². The fraction of sp³-hybridized carbons (Fsp3) is 0.409. The lowest BCUT2D eigenvalue weighted by Gasteiger charge is -2.10. The van der Waals surface area contributed by atoms with E-state index < -0.39 is 0 Å². The molecule has 2 N–H and O–H groups in total. The van der Waals surface area contributed by atoms with Gasteiger partial charge in [0.2, 0.25) is 0 Å². The predicted octanol–water partition coefficient (Wildman–Crippen LogP) is 4.92. The van der Waals surface area contributed by atoms with E-state index in [4.69, 9.17) is 9.98 Å². The summed E-state index contributed by atoms with van der Waals surface area (Å²) in [6, 6.07) is 10.6. The summed E-state index contributed by atoms with van der Waals surface area (Å²) >= 11 is 3.50. The highest BCUT2D eigenvalue weighted by atomic mass is 127. The van der Waals surface area contributed by atoms with Crippen molar-refractivity contribution in [1.29, 1.82) is 0 Å². The molecule has 1 aromatic carbocycles. The minimum atomic E-state index is 0. The molecule has 0 aliphatic rings. The Morgan fingerprint density at radius 1 is 1.00 bits per heavy atom. The lowest BCUT2D eigenvalue weighted by atomic mass is 10.1. The third-order valence-electron chi connectivity index (χ3n) is 4.52. The quantitative estimate of drug-likeness (QED) is 0.224. The van der Waals surface area contributed by atoms with E-state index in [2.05, 4.69) is 72.1 Å². The number of aryl methyl sites for hydroxylation is 4. The molecule has 3 aromatic rings. The zero-order valence-electron chi connectivity index (χ0n) is 17.8. The Morgan fingerprint density at radius 2 is 1.80 bits per heavy atom. The Kier molecular flexibility index (Phi) is 10.7. The van der Waals surface area contributed by atoms with Crippen molar-refractivity contribution in [2.45, 2.75) is 46.6 Å². The molecule has 8 heteroatoms. The van der Waals surface area contributed by atoms with Crippen LogP contribution in [-0.4, -0.2) is 29.0 Å². The average molecular weight is 556 g/mol. The van der Waals surface area contributed by atoms with Gasteiger partial charge in [-0.2, -0.15) is 0 Å². The Hall–Kier alpha value is -1.52. The van der Waals surface area contributed by atoms with Gasteiger partial charge >= 0.3 is 0 Å². The second kappa shape index (κ2) is 13.0. The number of benzene rings is 1. The van der Waals surface area contributed by atoms with Crippen LogP contribution in [-0.2, 0) is 25.8 Å². The summed E-state index contributed by atoms with van der Waals surface area (Å²) in [7, 11) is 0. The Bertz CT molecular complexity index is 901. The molecule has 0 amide bonds. The van der Waals surface area contributed by atoms with E-state index in [9.17, 15) is 0 Å². The number of aromatic nitrogens is 2. The predicted molar refractivity (Wildman–Crippen MR) is 139 cm³/mol. The van der Waals surface area contributed by atoms with Gasteiger partial charge in [0.15, 0.2) is 5.96 Å². The second-order valence-electron chi connectivity index (χ2n) is 6.84. The highest BCUT2D eigenvalue weighted by Crippen LogP contribution is 2.16. The summed E-state index contributed by atoms with van der Waals surface area (Å²) in [6.45, 7) is 8.51. The normalized spacial score (nSPS) is 11.2. The SMILES string of the molecule is CCNC(=NCc1csc(CCc2ccccc2)n1)NCCc1nc(C)c(C)s1.I. The van der Waals surface area contributed by atoms with Crippen LogP contribution in [0.1, 0.15) is 38.8 Å². The van der Waals surface area contributed by atoms with Crippen LogP contribution in [0.2, 0.25) is 0 Å². The fourth-order valence-electron chi connectivity index (χ4n) is 2.87. The molecule has 0 unspecified atom stereocenters. The van der Waals surface area contributed by atoms with Crippen molar-refractivity contribution >= 4 is 52.6 Å². The van der Waals surface area contributed by atoms with Gasteiger partial charge in [0.1, 0.15) is 0 Å². The van der Waals surface area contributed by atoms with Crippen molar-refractivity contribution in [2.75, 3.05) is 13.1 Å². The summed E-state index contributed by atoms with van der Waals surface area (Å²) in [6.07, 6.45) is 2.91. The highest BCUT2D eigenvalue weighted by molar-refractivity contribution is 14.0. The summed E-state index contributed by atoms with van der Waals surface area (Å²) in [5.41, 5.74) is 3.52. The standard InChI is InChI=1S/C22H29N5S2.HI/c1-4-23-22(24-13-12-21-26-16(2)17(3)29-21)25-14-19-15-28-20(27-19)11-10-18-8-6-5-7-9-18;/h5-9,15H,4,10-14H2,1-3H3,(H2,23,24,25);1H. The zero-order valence-corrected chi connectivity index (χ0v) is 21.7. The number of guanidine groups is 1. The molecule has 5 nitrogen and oxygen atoms in total. The molecule has 0 aliphatic carbocycles. The summed E-state index contributed by atoms with van der Waals surface area (Å²) in [4.78, 5) is 15.3. The number of thiazole rings is 2. The molecule has 2 heterocycles. The molecule has 162 valence electrons. The van der Waals surface area contributed by atoms with Crippen molar-refractivity contribution in [1.82, 2.24) is 20.6 Å². The number of nitrogens with zero attached hydrogens (tertiary/aromatic N) is 3. The first kappa shape index (κ1) is 24.7. The first-order valence-electron chi connectivity index (χ1n) is 10.1. The molecule has 0 radical (unpaired) electrons. The van der Waals surface area contributed by atoms with Gasteiger partial charge in [0.05, 0.1) is 27.9 Å². The number of nitrogens with one attached hydrogen (secondary N) is 2. The van der Waals surface area contributed by atoms with Gasteiger partial charge in [-0.05, 0) is 32.8 Å². The molecule has 0 fully saturated rings. The van der Waals surface area contributed by atoms with Crippen molar-refractivity contribution in [3.63, 3.8) is 0 Å². The molecule has 0 atom stereocenters. The molecule has 0 bridgehead atoms. The van der Waals surface area contributed by atoms with Gasteiger partial charge in [-0.15, -0.1) is 46.7 Å². The number of hydrogen-bond acceptors (Lipinski definition) is 5. The van der Waals surface area contributed by atoms with Crippen molar-refractivity contribution in [3.05, 3.63) is 67.6 Å². The number of aliphatic imine (C=N–C) groups is 1. The lowest BCUT2D eigenvalue weighted by Crippen LogP contribution is -2.38. The van der Waals surface area contributed by atoms with Crippen LogP contribution < -0.4 is 10.6 Å². The van der Waals surface area contributed by atoms with E-state index in [1.165, 1.54) is 20.5 Å². The van der Waals surface area contributed by atoms with Gasteiger partial charge in [-0.3, -0.25) is 0 Å². The highest BCUT2D eigenvalue weighted by Gasteiger charge is 2.06. The third-order valence-corrected chi connectivity index (χ3v) is 6.61. The first-order chi connectivity index (χ1) is 14.1. The smallest absolute Gasteiger partial charge is 0.191 e. The topological polar surface area (TPSA) is 62.2 Å². The van der Waals surface area contributed by atoms with Crippen LogP contribution in [0.3, 0.4) is 0 Å². The summed E-state index contributed by atoms with van der Waals surface area (Å²) in [5, 5.41) is 11.2. The van der Waals surface area contributed by atoms with Gasteiger partial charge in [0, 0.05) is 36.2 Å². The number of halogens is 1. The monoisotopic (exact) mass is 555 g/mol. The van der Waals surface area contributed by atoms with Gasteiger partial charge in [-0.25, -0.2) is 15.0 Å². The molecule has 0 aliphatic heterocycles. The van der Waals surface area contributed by atoms with Crippen LogP contribution in [0.25, 0.3) is 0 Å². The minimum Gasteiger partial charge on any atom is -0.357 e. The Morgan fingerprint density at radius 3 is 2.50 bits per heavy atom. The maximum Gasteiger partial charge on any atom is 0.191 e. The molecule has 0 saturated carbocycles. The van der Waals surface area contributed by atoms with E-state index in [1.807, 2.05) is 0 Å². The largest absolute Gasteiger partial charge is 0.357 e. The van der Waals surface area contributed by atoms with Crippen LogP contribution in [0.5, 0.6) is 0 Å². The fourth-order valence-corrected chi connectivity index (χ4v) is 4.59. The van der Waals surface area contributed by atoms with E-state index in [-0.39, 0.29) is 24.0 Å². The Balaban J connectivity index is 0.00000320. The van der Waals surface area contributed by atoms with Crippen LogP contribution in [0, 0.1) is 13.8 Å². The molecule has 0 saturated heterocycles. The van der Waals surface area contributed by atoms with Crippen LogP contribution in [0.4, 0.5) is 0 Å². The molecule has 2 aromatic heterocycles. The van der Waals surface area contributed by atoms with Crippen LogP contribution >= 0.6 is 46.7 Å². The zero-order chi connectivity index (χ0) is 20.5. The molecule has 0 spiro atoms. The minimum absolute atomic E-state index is 0. The first-order valence-corrected chi connectivity index (χ1v) is 11.8. The summed E-state index contributed by atoms with van der Waals surface area (Å²) in [5.74, 6) is 0.830. The Labute approximate surface area is 204 Å². The van der Waals surface area contributed by atoms with Crippen molar-refractivity contribution in [3.8, 4) is 0 Å². The number of hydrogen-bond donors (Lipinski definition) is 2. The van der Waals surface area contributed by atoms with E-state index in [0.717, 1.165) is 49.7 Å². The van der Waals surface area contributed by atoms with Crippen LogP contribution in [0.15, 0.2) is 40.7 Å². The van der Waals surface area contributed by atoms with E-state index >= 15 is 0 Å². The average Bonchev–Trinajstić information content (AvgIpc) is 3.31. The third kappa shape index (κ3) is 7.96. The van der Waals surface area contributed by atoms with Crippen molar-refractivity contribution < 1.29 is 0 Å². The lowest BCUT2D eigenvalue weighted by molar-refractivity contribution is 0.792. The van der Waals surface area contributed by atoms with Gasteiger partial charge < -0.3 is 10.6 Å². The molecular formula is C22H30IN5S2. The van der Waals surface area contributed by atoms with E-state index in [1.54, 1.807) is 22.7 Å². The second-order valence-corrected chi connectivity index (χ2v) is 9.07. The molecule has 30 heavy (non-hydrogen) atoms. The molecule has 3 rings (SSSR count). The van der Waals surface area contributed by atoms with Crippen molar-refractivity contribution in [2.24, 2.45) is 4.99 Å².